The van der Waals surface area contributed by atoms with Crippen LogP contribution in [0.2, 0.25) is 0 Å². The van der Waals surface area contributed by atoms with Crippen LogP contribution in [-0.2, 0) is 6.42 Å². The fraction of sp³-hybridized carbons (Fsp3) is 0.538. The number of hydrogen-bond acceptors (Lipinski definition) is 3. The second-order valence-corrected chi connectivity index (χ2v) is 4.79. The number of hydrogen-bond donors (Lipinski definition) is 2. The Morgan fingerprint density at radius 1 is 1.31 bits per heavy atom. The first-order valence-corrected chi connectivity index (χ1v) is 6.12. The monoisotopic (exact) mass is 217 g/mol. The van der Waals surface area contributed by atoms with Crippen LogP contribution >= 0.6 is 0 Å². The van der Waals surface area contributed by atoms with Crippen LogP contribution in [-0.4, -0.2) is 38.1 Å². The maximum Gasteiger partial charge on any atom is 0.0470 e. The van der Waals surface area contributed by atoms with Gasteiger partial charge in [0, 0.05) is 37.9 Å². The highest BCUT2D eigenvalue weighted by molar-refractivity contribution is 5.56. The van der Waals surface area contributed by atoms with Crippen molar-refractivity contribution < 1.29 is 0 Å². The lowest BCUT2D eigenvalue weighted by atomic mass is 10.0. The van der Waals surface area contributed by atoms with Crippen LogP contribution in [0.3, 0.4) is 0 Å². The molecular weight excluding hydrogens is 198 g/mol. The number of nitrogens with zero attached hydrogens (tertiary/aromatic N) is 1. The quantitative estimate of drug-likeness (QED) is 0.741. The van der Waals surface area contributed by atoms with Crippen molar-refractivity contribution in [2.45, 2.75) is 12.5 Å². The van der Waals surface area contributed by atoms with Gasteiger partial charge in [-0.1, -0.05) is 12.1 Å². The molecule has 2 aliphatic heterocycles. The van der Waals surface area contributed by atoms with E-state index in [0.29, 0.717) is 6.04 Å². The summed E-state index contributed by atoms with van der Waals surface area (Å²) in [5, 5.41) is 6.89. The highest BCUT2D eigenvalue weighted by atomic mass is 15.2. The molecule has 2 N–H and O–H groups in total. The van der Waals surface area contributed by atoms with E-state index in [1.807, 2.05) is 0 Å². The molecule has 16 heavy (non-hydrogen) atoms. The summed E-state index contributed by atoms with van der Waals surface area (Å²) in [4.78, 5) is 2.45. The lowest BCUT2D eigenvalue weighted by molar-refractivity contribution is 0.202. The van der Waals surface area contributed by atoms with E-state index in [-0.39, 0.29) is 0 Å². The third kappa shape index (κ3) is 1.70. The number of nitrogens with one attached hydrogen (secondary N) is 2. The summed E-state index contributed by atoms with van der Waals surface area (Å²) in [6.45, 7) is 4.42. The van der Waals surface area contributed by atoms with E-state index in [0.717, 1.165) is 26.2 Å². The molecule has 1 unspecified atom stereocenters. The molecule has 3 rings (SSSR count). The summed E-state index contributed by atoms with van der Waals surface area (Å²) in [7, 11) is 2.22. The number of likely N-dealkylation sites (N-methyl/N-ethyl adjacent to an activating group) is 1. The number of fused-ring (bicyclic) bond motifs is 1. The van der Waals surface area contributed by atoms with Gasteiger partial charge in [0.15, 0.2) is 0 Å². The molecule has 0 bridgehead atoms. The number of piperazine rings is 1. The van der Waals surface area contributed by atoms with Gasteiger partial charge in [0.2, 0.25) is 0 Å². The van der Waals surface area contributed by atoms with Gasteiger partial charge in [-0.2, -0.15) is 0 Å². The Hall–Kier alpha value is -1.06. The smallest absolute Gasteiger partial charge is 0.0470 e. The molecule has 2 heterocycles. The Morgan fingerprint density at radius 2 is 2.25 bits per heavy atom. The minimum Gasteiger partial charge on any atom is -0.384 e. The van der Waals surface area contributed by atoms with Gasteiger partial charge in [-0.25, -0.2) is 0 Å². The highest BCUT2D eigenvalue weighted by Crippen LogP contribution is 2.28. The number of benzene rings is 1. The van der Waals surface area contributed by atoms with Crippen molar-refractivity contribution in [1.29, 1.82) is 0 Å². The number of anilines is 1. The average molecular weight is 217 g/mol. The molecule has 0 aromatic heterocycles. The first kappa shape index (κ1) is 10.1. The summed E-state index contributed by atoms with van der Waals surface area (Å²) in [6, 6.07) is 7.43. The van der Waals surface area contributed by atoms with Crippen LogP contribution in [0.1, 0.15) is 17.2 Å². The Morgan fingerprint density at radius 3 is 3.12 bits per heavy atom. The standard InChI is InChI=1S/C13H19N3/c1-16-7-6-14-9-13(16)11-2-3-12-10(8-11)4-5-15-12/h2-3,8,13-15H,4-7,9H2,1H3. The van der Waals surface area contributed by atoms with Gasteiger partial charge in [0.1, 0.15) is 0 Å². The molecule has 0 radical (unpaired) electrons. The largest absolute Gasteiger partial charge is 0.384 e. The zero-order valence-electron chi connectivity index (χ0n) is 9.79. The second-order valence-electron chi connectivity index (χ2n) is 4.79. The minimum atomic E-state index is 0.541. The van der Waals surface area contributed by atoms with E-state index in [9.17, 15) is 0 Å². The van der Waals surface area contributed by atoms with Crippen LogP contribution < -0.4 is 10.6 Å². The summed E-state index contributed by atoms with van der Waals surface area (Å²) in [5.41, 5.74) is 4.27. The summed E-state index contributed by atoms with van der Waals surface area (Å²) < 4.78 is 0. The molecule has 1 saturated heterocycles. The molecule has 1 aromatic carbocycles. The molecule has 0 saturated carbocycles. The molecular formula is C13H19N3. The topological polar surface area (TPSA) is 27.3 Å². The van der Waals surface area contributed by atoms with E-state index in [1.165, 1.54) is 23.2 Å². The summed E-state index contributed by atoms with van der Waals surface area (Å²) in [6.07, 6.45) is 1.17. The second kappa shape index (κ2) is 4.07. The lowest BCUT2D eigenvalue weighted by Crippen LogP contribution is -2.43. The molecule has 1 atom stereocenters. The Labute approximate surface area is 96.8 Å². The molecule has 0 aliphatic carbocycles. The van der Waals surface area contributed by atoms with Gasteiger partial charge in [0.05, 0.1) is 0 Å². The van der Waals surface area contributed by atoms with Crippen molar-refractivity contribution in [3.05, 3.63) is 29.3 Å². The van der Waals surface area contributed by atoms with Gasteiger partial charge in [-0.15, -0.1) is 0 Å². The molecule has 0 amide bonds. The Kier molecular flexibility index (Phi) is 2.58. The van der Waals surface area contributed by atoms with Crippen molar-refractivity contribution in [2.24, 2.45) is 0 Å². The predicted octanol–water partition coefficient (Wildman–Crippen LogP) is 1.23. The van der Waals surface area contributed by atoms with Gasteiger partial charge in [-0.3, -0.25) is 4.90 Å². The molecule has 2 aliphatic rings. The van der Waals surface area contributed by atoms with Crippen LogP contribution in [0.15, 0.2) is 18.2 Å². The van der Waals surface area contributed by atoms with E-state index in [1.54, 1.807) is 0 Å². The Bertz CT molecular complexity index is 389. The zero-order chi connectivity index (χ0) is 11.0. The third-order valence-corrected chi connectivity index (χ3v) is 3.73. The van der Waals surface area contributed by atoms with E-state index in [4.69, 9.17) is 0 Å². The maximum atomic E-state index is 3.47. The molecule has 3 heteroatoms. The van der Waals surface area contributed by atoms with E-state index >= 15 is 0 Å². The zero-order valence-corrected chi connectivity index (χ0v) is 9.79. The van der Waals surface area contributed by atoms with E-state index in [2.05, 4.69) is 40.8 Å². The minimum absolute atomic E-state index is 0.541. The normalized spacial score (nSPS) is 25.2. The van der Waals surface area contributed by atoms with Crippen LogP contribution in [0.4, 0.5) is 5.69 Å². The fourth-order valence-corrected chi connectivity index (χ4v) is 2.71. The van der Waals surface area contributed by atoms with Crippen molar-refractivity contribution in [3.8, 4) is 0 Å². The SMILES string of the molecule is CN1CCNCC1c1ccc2c(c1)CCN2. The van der Waals surface area contributed by atoms with Gasteiger partial charge in [-0.05, 0) is 30.7 Å². The van der Waals surface area contributed by atoms with Crippen LogP contribution in [0, 0.1) is 0 Å². The first-order valence-electron chi connectivity index (χ1n) is 6.12. The van der Waals surface area contributed by atoms with E-state index < -0.39 is 0 Å². The summed E-state index contributed by atoms with van der Waals surface area (Å²) >= 11 is 0. The maximum absolute atomic E-state index is 3.47. The predicted molar refractivity (Wildman–Crippen MR) is 66.9 cm³/mol. The molecule has 1 fully saturated rings. The molecule has 1 aromatic rings. The van der Waals surface area contributed by atoms with Crippen molar-refractivity contribution in [3.63, 3.8) is 0 Å². The molecule has 0 spiro atoms. The first-order chi connectivity index (χ1) is 7.84. The van der Waals surface area contributed by atoms with Gasteiger partial charge >= 0.3 is 0 Å². The third-order valence-electron chi connectivity index (χ3n) is 3.73. The molecule has 86 valence electrons. The van der Waals surface area contributed by atoms with Gasteiger partial charge in [0.25, 0.3) is 0 Å². The fourth-order valence-electron chi connectivity index (χ4n) is 2.71. The highest BCUT2D eigenvalue weighted by Gasteiger charge is 2.21. The van der Waals surface area contributed by atoms with Crippen molar-refractivity contribution in [2.75, 3.05) is 38.5 Å². The lowest BCUT2D eigenvalue weighted by Gasteiger charge is -2.33. The van der Waals surface area contributed by atoms with Crippen molar-refractivity contribution >= 4 is 5.69 Å². The Balaban J connectivity index is 1.88. The number of rotatable bonds is 1. The summed E-state index contributed by atoms with van der Waals surface area (Å²) in [5.74, 6) is 0. The van der Waals surface area contributed by atoms with Crippen LogP contribution in [0.5, 0.6) is 0 Å². The van der Waals surface area contributed by atoms with Gasteiger partial charge < -0.3 is 10.6 Å². The molecule has 3 nitrogen and oxygen atoms in total. The van der Waals surface area contributed by atoms with Crippen molar-refractivity contribution in [1.82, 2.24) is 10.2 Å². The average Bonchev–Trinajstić information content (AvgIpc) is 2.76. The van der Waals surface area contributed by atoms with Crippen LogP contribution in [0.25, 0.3) is 0 Å².